The largest absolute Gasteiger partial charge is 0.478 e. The van der Waals surface area contributed by atoms with Crippen LogP contribution in [0, 0.1) is 42.5 Å². The monoisotopic (exact) mass is 275 g/mol. The van der Waals surface area contributed by atoms with Gasteiger partial charge in [-0.1, -0.05) is 17.7 Å². The molecule has 0 unspecified atom stereocenters. The average Bonchev–Trinajstić information content (AvgIpc) is 1.88. The molecule has 0 aliphatic carbocycles. The maximum atomic E-state index is 10.3. The minimum atomic E-state index is -0.875. The number of aromatic carboxylic acids is 1. The van der Waals surface area contributed by atoms with E-state index in [9.17, 15) is 4.79 Å². The fourth-order valence-corrected chi connectivity index (χ4v) is 0.696. The van der Waals surface area contributed by atoms with Gasteiger partial charge >= 0.3 is 5.97 Å². The fourth-order valence-electron chi connectivity index (χ4n) is 0.696. The molecule has 0 bridgehead atoms. The Morgan fingerprint density at radius 2 is 1.73 bits per heavy atom. The topological polar surface area (TPSA) is 37.3 Å². The van der Waals surface area contributed by atoms with Crippen molar-refractivity contribution in [1.29, 1.82) is 0 Å². The first-order valence-corrected chi connectivity index (χ1v) is 3.00. The number of carbonyl (C=O) groups is 1. The number of rotatable bonds is 1. The van der Waals surface area contributed by atoms with Gasteiger partial charge in [-0.2, -0.15) is 0 Å². The van der Waals surface area contributed by atoms with Gasteiger partial charge in [-0.15, -0.1) is 0 Å². The molecule has 0 aromatic heterocycles. The third-order valence-corrected chi connectivity index (χ3v) is 1.30. The average molecular weight is 275 g/mol. The molecule has 0 aliphatic heterocycles. The van der Waals surface area contributed by atoms with Gasteiger partial charge in [0.25, 0.3) is 0 Å². The maximum absolute atomic E-state index is 10.3. The van der Waals surface area contributed by atoms with Gasteiger partial charge in [-0.25, -0.2) is 4.79 Å². The summed E-state index contributed by atoms with van der Waals surface area (Å²) in [6.45, 7) is 1.92. The van der Waals surface area contributed by atoms with Gasteiger partial charge in [0, 0.05) is 35.6 Å². The molecule has 0 fully saturated rings. The second-order valence-electron chi connectivity index (χ2n) is 2.17. The Kier molecular flexibility index (Phi) is 4.65. The van der Waals surface area contributed by atoms with Crippen LogP contribution >= 0.6 is 0 Å². The standard InChI is InChI=1S/C8H8O2.La/c1-6-2-4-7(5-3-6)8(9)10;/h2-5H,1H3,(H,9,10);. The number of aryl methyl sites for hydroxylation is 1. The van der Waals surface area contributed by atoms with Gasteiger partial charge in [0.1, 0.15) is 0 Å². The second-order valence-corrected chi connectivity index (χ2v) is 2.17. The zero-order chi connectivity index (χ0) is 7.56. The van der Waals surface area contributed by atoms with E-state index in [1.807, 2.05) is 6.92 Å². The van der Waals surface area contributed by atoms with Crippen molar-refractivity contribution >= 4 is 5.97 Å². The zero-order valence-corrected chi connectivity index (χ0v) is 9.87. The number of hydrogen-bond donors (Lipinski definition) is 1. The summed E-state index contributed by atoms with van der Waals surface area (Å²) in [4.78, 5) is 10.3. The van der Waals surface area contributed by atoms with Crippen molar-refractivity contribution in [3.05, 3.63) is 35.4 Å². The van der Waals surface area contributed by atoms with Crippen LogP contribution in [-0.4, -0.2) is 11.1 Å². The molecule has 1 aromatic rings. The van der Waals surface area contributed by atoms with Crippen molar-refractivity contribution in [3.8, 4) is 0 Å². The van der Waals surface area contributed by atoms with Gasteiger partial charge in [0.15, 0.2) is 0 Å². The third-order valence-electron chi connectivity index (χ3n) is 1.30. The van der Waals surface area contributed by atoms with Crippen LogP contribution < -0.4 is 0 Å². The molecule has 0 spiro atoms. The van der Waals surface area contributed by atoms with E-state index in [1.54, 1.807) is 24.3 Å². The maximum Gasteiger partial charge on any atom is 0.335 e. The molecular weight excluding hydrogens is 267 g/mol. The Bertz CT molecular complexity index is 241. The molecule has 2 nitrogen and oxygen atoms in total. The van der Waals surface area contributed by atoms with E-state index >= 15 is 0 Å². The Morgan fingerprint density at radius 3 is 2.09 bits per heavy atom. The van der Waals surface area contributed by atoms with Crippen LogP contribution in [0.3, 0.4) is 0 Å². The van der Waals surface area contributed by atoms with Crippen LogP contribution in [0.15, 0.2) is 24.3 Å². The van der Waals surface area contributed by atoms with Crippen molar-refractivity contribution < 1.29 is 45.5 Å². The summed E-state index contributed by atoms with van der Waals surface area (Å²) in [6.07, 6.45) is 0. The van der Waals surface area contributed by atoms with E-state index in [2.05, 4.69) is 0 Å². The van der Waals surface area contributed by atoms with E-state index < -0.39 is 5.97 Å². The van der Waals surface area contributed by atoms with Crippen molar-refractivity contribution in [3.63, 3.8) is 0 Å². The number of benzene rings is 1. The fraction of sp³-hybridized carbons (Fsp3) is 0.125. The predicted octanol–water partition coefficient (Wildman–Crippen LogP) is 1.69. The van der Waals surface area contributed by atoms with Gasteiger partial charge in [-0.05, 0) is 19.1 Å². The summed E-state index contributed by atoms with van der Waals surface area (Å²) in [5, 5.41) is 8.48. The summed E-state index contributed by atoms with van der Waals surface area (Å²) < 4.78 is 0. The molecule has 55 valence electrons. The molecule has 0 atom stereocenters. The van der Waals surface area contributed by atoms with Crippen LogP contribution in [-0.2, 0) is 0 Å². The molecule has 1 rings (SSSR count). The summed E-state index contributed by atoms with van der Waals surface area (Å²) in [5.74, 6) is -0.875. The van der Waals surface area contributed by atoms with Crippen molar-refractivity contribution in [2.45, 2.75) is 6.92 Å². The molecule has 1 N–H and O–H groups in total. The summed E-state index contributed by atoms with van der Waals surface area (Å²) in [6, 6.07) is 6.75. The van der Waals surface area contributed by atoms with Crippen LogP contribution in [0.4, 0.5) is 0 Å². The number of carboxylic acid groups (broad SMARTS) is 1. The minimum Gasteiger partial charge on any atom is -0.478 e. The van der Waals surface area contributed by atoms with Crippen LogP contribution in [0.5, 0.6) is 0 Å². The van der Waals surface area contributed by atoms with Crippen LogP contribution in [0.25, 0.3) is 0 Å². The molecule has 0 aliphatic rings. The first-order valence-electron chi connectivity index (χ1n) is 3.00. The third kappa shape index (κ3) is 3.19. The Balaban J connectivity index is 0.000001000. The summed E-state index contributed by atoms with van der Waals surface area (Å²) >= 11 is 0. The molecule has 11 heavy (non-hydrogen) atoms. The Morgan fingerprint density at radius 1 is 1.27 bits per heavy atom. The summed E-state index contributed by atoms with van der Waals surface area (Å²) in [7, 11) is 0. The smallest absolute Gasteiger partial charge is 0.335 e. The normalized spacial score (nSPS) is 8.45. The molecular formula is C8H8LaO2. The molecule has 0 amide bonds. The first-order chi connectivity index (χ1) is 4.70. The number of carboxylic acids is 1. The molecule has 3 heteroatoms. The molecule has 1 aromatic carbocycles. The van der Waals surface area contributed by atoms with E-state index in [4.69, 9.17) is 5.11 Å². The Labute approximate surface area is 93.2 Å². The van der Waals surface area contributed by atoms with E-state index in [0.29, 0.717) is 5.56 Å². The zero-order valence-electron chi connectivity index (χ0n) is 6.24. The SMILES string of the molecule is Cc1ccc(C(=O)O)cc1.[La]. The van der Waals surface area contributed by atoms with Crippen molar-refractivity contribution in [2.24, 2.45) is 0 Å². The molecule has 1 radical (unpaired) electrons. The van der Waals surface area contributed by atoms with Crippen LogP contribution in [0.2, 0.25) is 0 Å². The minimum absolute atomic E-state index is 0. The molecule has 0 heterocycles. The van der Waals surface area contributed by atoms with E-state index in [0.717, 1.165) is 5.56 Å². The molecule has 0 saturated heterocycles. The van der Waals surface area contributed by atoms with Gasteiger partial charge < -0.3 is 5.11 Å². The second kappa shape index (κ2) is 4.70. The van der Waals surface area contributed by atoms with Gasteiger partial charge in [-0.3, -0.25) is 0 Å². The van der Waals surface area contributed by atoms with E-state index in [1.165, 1.54) is 0 Å². The Hall–Kier alpha value is -0.115. The predicted molar refractivity (Wildman–Crippen MR) is 38.1 cm³/mol. The first kappa shape index (κ1) is 10.9. The van der Waals surface area contributed by atoms with Crippen molar-refractivity contribution in [2.75, 3.05) is 0 Å². The summed E-state index contributed by atoms with van der Waals surface area (Å²) in [5.41, 5.74) is 1.41. The molecule has 0 saturated carbocycles. The van der Waals surface area contributed by atoms with Gasteiger partial charge in [0.05, 0.1) is 5.56 Å². The van der Waals surface area contributed by atoms with Gasteiger partial charge in [0.2, 0.25) is 0 Å². The van der Waals surface area contributed by atoms with Crippen molar-refractivity contribution in [1.82, 2.24) is 0 Å². The quantitative estimate of drug-likeness (QED) is 0.846. The van der Waals surface area contributed by atoms with E-state index in [-0.39, 0.29) is 35.6 Å². The number of hydrogen-bond acceptors (Lipinski definition) is 1. The van der Waals surface area contributed by atoms with Crippen LogP contribution in [0.1, 0.15) is 15.9 Å².